The molecule has 1 aromatic carbocycles. The summed E-state index contributed by atoms with van der Waals surface area (Å²) < 4.78 is 0. The smallest absolute Gasteiger partial charge is 0.327 e. The average molecular weight is 205 g/mol. The number of benzene rings is 1. The molecule has 0 aliphatic heterocycles. The number of aliphatic carboxylic acids is 1. The standard InChI is InChI=1S/C12H15NO2/c14-12(15)8-4-5-9-13-10-11-6-2-1-3-7-11/h1-4,6-8,13H,5,9-10H2,(H,14,15). The number of carbonyl (C=O) groups is 1. The normalized spacial score (nSPS) is 10.7. The van der Waals surface area contributed by atoms with E-state index in [4.69, 9.17) is 5.11 Å². The van der Waals surface area contributed by atoms with Crippen LogP contribution in [0, 0.1) is 0 Å². The number of nitrogens with one attached hydrogen (secondary N) is 1. The molecule has 3 heteroatoms. The molecule has 80 valence electrons. The number of carboxylic acids is 1. The second-order valence-corrected chi connectivity index (χ2v) is 3.19. The monoisotopic (exact) mass is 205 g/mol. The van der Waals surface area contributed by atoms with Crippen LogP contribution in [-0.2, 0) is 11.3 Å². The summed E-state index contributed by atoms with van der Waals surface area (Å²) in [5.74, 6) is -0.891. The second-order valence-electron chi connectivity index (χ2n) is 3.19. The summed E-state index contributed by atoms with van der Waals surface area (Å²) in [7, 11) is 0. The van der Waals surface area contributed by atoms with Crippen molar-refractivity contribution in [1.82, 2.24) is 5.32 Å². The van der Waals surface area contributed by atoms with Crippen LogP contribution in [0.15, 0.2) is 42.5 Å². The summed E-state index contributed by atoms with van der Waals surface area (Å²) in [5.41, 5.74) is 1.24. The van der Waals surface area contributed by atoms with E-state index in [1.54, 1.807) is 6.08 Å². The van der Waals surface area contributed by atoms with Gasteiger partial charge >= 0.3 is 5.97 Å². The lowest BCUT2D eigenvalue weighted by Gasteiger charge is -2.02. The highest BCUT2D eigenvalue weighted by atomic mass is 16.4. The van der Waals surface area contributed by atoms with Gasteiger partial charge in [0.2, 0.25) is 0 Å². The molecule has 0 amide bonds. The Balaban J connectivity index is 2.10. The van der Waals surface area contributed by atoms with Crippen LogP contribution in [0.25, 0.3) is 0 Å². The highest BCUT2D eigenvalue weighted by Crippen LogP contribution is 1.96. The quantitative estimate of drug-likeness (QED) is 0.550. The molecule has 0 saturated carbocycles. The highest BCUT2D eigenvalue weighted by Gasteiger charge is 1.89. The SMILES string of the molecule is O=C(O)C=CCCNCc1ccccc1. The third-order valence-electron chi connectivity index (χ3n) is 1.92. The molecule has 2 N–H and O–H groups in total. The Morgan fingerprint density at radius 3 is 2.73 bits per heavy atom. The Labute approximate surface area is 89.4 Å². The lowest BCUT2D eigenvalue weighted by Crippen LogP contribution is -2.13. The van der Waals surface area contributed by atoms with Gasteiger partial charge in [-0.15, -0.1) is 0 Å². The number of carboxylic acid groups (broad SMARTS) is 1. The third-order valence-corrected chi connectivity index (χ3v) is 1.92. The molecule has 3 nitrogen and oxygen atoms in total. The molecule has 0 bridgehead atoms. The molecule has 0 heterocycles. The average Bonchev–Trinajstić information content (AvgIpc) is 2.24. The maximum atomic E-state index is 10.1. The largest absolute Gasteiger partial charge is 0.478 e. The van der Waals surface area contributed by atoms with Crippen LogP contribution in [-0.4, -0.2) is 17.6 Å². The number of hydrogen-bond acceptors (Lipinski definition) is 2. The molecule has 0 saturated heterocycles. The molecular formula is C12H15NO2. The van der Waals surface area contributed by atoms with Crippen LogP contribution in [0.2, 0.25) is 0 Å². The van der Waals surface area contributed by atoms with E-state index in [-0.39, 0.29) is 0 Å². The zero-order valence-corrected chi connectivity index (χ0v) is 8.52. The highest BCUT2D eigenvalue weighted by molar-refractivity contribution is 5.79. The lowest BCUT2D eigenvalue weighted by atomic mass is 10.2. The van der Waals surface area contributed by atoms with E-state index in [0.717, 1.165) is 19.5 Å². The van der Waals surface area contributed by atoms with Gasteiger partial charge in [0.05, 0.1) is 0 Å². The molecule has 0 aromatic heterocycles. The summed E-state index contributed by atoms with van der Waals surface area (Å²) in [6.45, 7) is 1.61. The summed E-state index contributed by atoms with van der Waals surface area (Å²) in [5, 5.41) is 11.6. The van der Waals surface area contributed by atoms with Gasteiger partial charge in [0.15, 0.2) is 0 Å². The van der Waals surface area contributed by atoms with Crippen LogP contribution in [0.3, 0.4) is 0 Å². The molecular weight excluding hydrogens is 190 g/mol. The van der Waals surface area contributed by atoms with Crippen LogP contribution in [0.1, 0.15) is 12.0 Å². The van der Waals surface area contributed by atoms with Gasteiger partial charge in [0, 0.05) is 12.6 Å². The van der Waals surface area contributed by atoms with E-state index < -0.39 is 5.97 Å². The van der Waals surface area contributed by atoms with Gasteiger partial charge in [0.1, 0.15) is 0 Å². The Morgan fingerprint density at radius 1 is 1.33 bits per heavy atom. The van der Waals surface area contributed by atoms with Gasteiger partial charge in [0.25, 0.3) is 0 Å². The second kappa shape index (κ2) is 6.79. The van der Waals surface area contributed by atoms with E-state index in [2.05, 4.69) is 17.4 Å². The van der Waals surface area contributed by atoms with E-state index in [0.29, 0.717) is 0 Å². The fourth-order valence-corrected chi connectivity index (χ4v) is 1.20. The topological polar surface area (TPSA) is 49.3 Å². The molecule has 0 spiro atoms. The first-order chi connectivity index (χ1) is 7.29. The van der Waals surface area contributed by atoms with E-state index in [9.17, 15) is 4.79 Å². The van der Waals surface area contributed by atoms with Crippen molar-refractivity contribution in [3.05, 3.63) is 48.0 Å². The summed E-state index contributed by atoms with van der Waals surface area (Å²) >= 11 is 0. The van der Waals surface area contributed by atoms with Crippen molar-refractivity contribution >= 4 is 5.97 Å². The molecule has 0 aliphatic rings. The van der Waals surface area contributed by atoms with Gasteiger partial charge in [-0.25, -0.2) is 4.79 Å². The zero-order chi connectivity index (χ0) is 10.9. The minimum atomic E-state index is -0.891. The summed E-state index contributed by atoms with van der Waals surface area (Å²) in [6.07, 6.45) is 3.56. The Hall–Kier alpha value is -1.61. The van der Waals surface area contributed by atoms with Crippen molar-refractivity contribution in [2.24, 2.45) is 0 Å². The maximum absolute atomic E-state index is 10.1. The van der Waals surface area contributed by atoms with Crippen LogP contribution in [0.4, 0.5) is 0 Å². The lowest BCUT2D eigenvalue weighted by molar-refractivity contribution is -0.131. The van der Waals surface area contributed by atoms with Crippen LogP contribution < -0.4 is 5.32 Å². The van der Waals surface area contributed by atoms with Crippen molar-refractivity contribution < 1.29 is 9.90 Å². The van der Waals surface area contributed by atoms with Gasteiger partial charge in [-0.3, -0.25) is 0 Å². The van der Waals surface area contributed by atoms with E-state index in [1.807, 2.05) is 18.2 Å². The molecule has 0 atom stereocenters. The van der Waals surface area contributed by atoms with Crippen molar-refractivity contribution in [1.29, 1.82) is 0 Å². The zero-order valence-electron chi connectivity index (χ0n) is 8.52. The van der Waals surface area contributed by atoms with Crippen molar-refractivity contribution in [3.8, 4) is 0 Å². The molecule has 1 rings (SSSR count). The van der Waals surface area contributed by atoms with Gasteiger partial charge < -0.3 is 10.4 Å². The fraction of sp³-hybridized carbons (Fsp3) is 0.250. The van der Waals surface area contributed by atoms with Gasteiger partial charge in [-0.1, -0.05) is 36.4 Å². The third kappa shape index (κ3) is 5.65. The molecule has 15 heavy (non-hydrogen) atoms. The molecule has 0 fully saturated rings. The van der Waals surface area contributed by atoms with Gasteiger partial charge in [-0.05, 0) is 18.5 Å². The van der Waals surface area contributed by atoms with Crippen LogP contribution >= 0.6 is 0 Å². The predicted octanol–water partition coefficient (Wildman–Crippen LogP) is 1.81. The summed E-state index contributed by atoms with van der Waals surface area (Å²) in [6, 6.07) is 10.1. The molecule has 0 radical (unpaired) electrons. The molecule has 0 aliphatic carbocycles. The molecule has 0 unspecified atom stereocenters. The predicted molar refractivity (Wildman–Crippen MR) is 59.5 cm³/mol. The first-order valence-corrected chi connectivity index (χ1v) is 4.93. The Bertz CT molecular complexity index is 320. The summed E-state index contributed by atoms with van der Waals surface area (Å²) in [4.78, 5) is 10.1. The minimum Gasteiger partial charge on any atom is -0.478 e. The Kier molecular flexibility index (Phi) is 5.19. The fourth-order valence-electron chi connectivity index (χ4n) is 1.20. The number of rotatable bonds is 6. The van der Waals surface area contributed by atoms with Crippen molar-refractivity contribution in [3.63, 3.8) is 0 Å². The van der Waals surface area contributed by atoms with E-state index in [1.165, 1.54) is 11.6 Å². The Morgan fingerprint density at radius 2 is 2.07 bits per heavy atom. The minimum absolute atomic E-state index is 0.735. The van der Waals surface area contributed by atoms with Crippen LogP contribution in [0.5, 0.6) is 0 Å². The van der Waals surface area contributed by atoms with Gasteiger partial charge in [-0.2, -0.15) is 0 Å². The van der Waals surface area contributed by atoms with E-state index >= 15 is 0 Å². The van der Waals surface area contributed by atoms with Crippen molar-refractivity contribution in [2.45, 2.75) is 13.0 Å². The maximum Gasteiger partial charge on any atom is 0.327 e. The first kappa shape index (κ1) is 11.5. The molecule has 1 aromatic rings. The van der Waals surface area contributed by atoms with Crippen molar-refractivity contribution in [2.75, 3.05) is 6.54 Å². The number of hydrogen-bond donors (Lipinski definition) is 2. The first-order valence-electron chi connectivity index (χ1n) is 4.93.